The third-order valence-corrected chi connectivity index (χ3v) is 2.43. The first-order chi connectivity index (χ1) is 5.18. The Bertz CT molecular complexity index is 119. The number of carboxylic acid groups (broad SMARTS) is 1. The lowest BCUT2D eigenvalue weighted by molar-refractivity contribution is -0.137. The SMILES string of the molecule is CCCCSCC(N)C(=O)O. The molecule has 0 aliphatic carbocycles. The Hall–Kier alpha value is -0.220. The maximum atomic E-state index is 10.2. The van der Waals surface area contributed by atoms with Crippen LogP contribution >= 0.6 is 11.8 Å². The Balaban J connectivity index is 3.17. The second kappa shape index (κ2) is 6.49. The van der Waals surface area contributed by atoms with Crippen LogP contribution in [0, 0.1) is 0 Å². The molecule has 66 valence electrons. The standard InChI is InChI=1S/C7H15NO2S/c1-2-3-4-11-5-6(8)7(9)10/h6H,2-5,8H2,1H3,(H,9,10). The maximum Gasteiger partial charge on any atom is 0.321 e. The summed E-state index contributed by atoms with van der Waals surface area (Å²) in [6.07, 6.45) is 2.28. The lowest BCUT2D eigenvalue weighted by Crippen LogP contribution is -2.32. The highest BCUT2D eigenvalue weighted by molar-refractivity contribution is 7.99. The summed E-state index contributed by atoms with van der Waals surface area (Å²) in [5.74, 6) is 0.626. The fourth-order valence-corrected chi connectivity index (χ4v) is 1.58. The van der Waals surface area contributed by atoms with Gasteiger partial charge >= 0.3 is 5.97 Å². The highest BCUT2D eigenvalue weighted by Crippen LogP contribution is 2.05. The number of rotatable bonds is 6. The molecule has 1 unspecified atom stereocenters. The molecule has 0 heterocycles. The van der Waals surface area contributed by atoms with Gasteiger partial charge in [-0.3, -0.25) is 4.79 Å². The highest BCUT2D eigenvalue weighted by atomic mass is 32.2. The van der Waals surface area contributed by atoms with Crippen LogP contribution in [-0.2, 0) is 4.79 Å². The zero-order chi connectivity index (χ0) is 8.69. The van der Waals surface area contributed by atoms with Gasteiger partial charge in [0.1, 0.15) is 6.04 Å². The number of aliphatic carboxylic acids is 1. The Kier molecular flexibility index (Phi) is 6.36. The minimum absolute atomic E-state index is 0.523. The molecule has 0 radical (unpaired) electrons. The third kappa shape index (κ3) is 6.19. The van der Waals surface area contributed by atoms with Gasteiger partial charge in [0.2, 0.25) is 0 Å². The van der Waals surface area contributed by atoms with Crippen molar-refractivity contribution in [3.63, 3.8) is 0 Å². The van der Waals surface area contributed by atoms with Crippen molar-refractivity contribution in [2.24, 2.45) is 5.73 Å². The van der Waals surface area contributed by atoms with E-state index in [1.165, 1.54) is 0 Å². The van der Waals surface area contributed by atoms with Crippen molar-refractivity contribution in [2.75, 3.05) is 11.5 Å². The van der Waals surface area contributed by atoms with Gasteiger partial charge in [-0.05, 0) is 12.2 Å². The molecule has 0 aromatic rings. The first kappa shape index (κ1) is 10.8. The van der Waals surface area contributed by atoms with Crippen molar-refractivity contribution < 1.29 is 9.90 Å². The summed E-state index contributed by atoms with van der Waals surface area (Å²) >= 11 is 1.61. The molecule has 0 spiro atoms. The summed E-state index contributed by atoms with van der Waals surface area (Å²) in [6.45, 7) is 2.11. The van der Waals surface area contributed by atoms with E-state index < -0.39 is 12.0 Å². The van der Waals surface area contributed by atoms with Crippen molar-refractivity contribution in [3.05, 3.63) is 0 Å². The van der Waals surface area contributed by atoms with Crippen molar-refractivity contribution in [3.8, 4) is 0 Å². The summed E-state index contributed by atoms with van der Waals surface area (Å²) in [5.41, 5.74) is 5.28. The first-order valence-electron chi connectivity index (χ1n) is 3.74. The summed E-state index contributed by atoms with van der Waals surface area (Å²) in [5, 5.41) is 8.40. The van der Waals surface area contributed by atoms with Crippen LogP contribution in [0.15, 0.2) is 0 Å². The number of unbranched alkanes of at least 4 members (excludes halogenated alkanes) is 1. The molecule has 4 heteroatoms. The van der Waals surface area contributed by atoms with Crippen LogP contribution in [0.25, 0.3) is 0 Å². The Morgan fingerprint density at radius 1 is 1.73 bits per heavy atom. The van der Waals surface area contributed by atoms with Gasteiger partial charge < -0.3 is 10.8 Å². The van der Waals surface area contributed by atoms with Crippen molar-refractivity contribution >= 4 is 17.7 Å². The van der Waals surface area contributed by atoms with E-state index in [0.29, 0.717) is 5.75 Å². The third-order valence-electron chi connectivity index (χ3n) is 1.26. The van der Waals surface area contributed by atoms with E-state index in [4.69, 9.17) is 10.8 Å². The molecule has 0 aliphatic rings. The van der Waals surface area contributed by atoms with E-state index in [-0.39, 0.29) is 0 Å². The van der Waals surface area contributed by atoms with Gasteiger partial charge in [0.15, 0.2) is 0 Å². The molecule has 0 aromatic heterocycles. The van der Waals surface area contributed by atoms with Crippen molar-refractivity contribution in [2.45, 2.75) is 25.8 Å². The van der Waals surface area contributed by atoms with E-state index >= 15 is 0 Å². The summed E-state index contributed by atoms with van der Waals surface area (Å²) in [4.78, 5) is 10.2. The lowest BCUT2D eigenvalue weighted by atomic mass is 10.4. The fraction of sp³-hybridized carbons (Fsp3) is 0.857. The molecule has 0 rings (SSSR count). The second-order valence-corrected chi connectivity index (χ2v) is 3.52. The number of hydrogen-bond donors (Lipinski definition) is 2. The topological polar surface area (TPSA) is 63.3 Å². The average Bonchev–Trinajstić information content (AvgIpc) is 1.97. The predicted octanol–water partition coefficient (Wildman–Crippen LogP) is 0.932. The molecule has 0 fully saturated rings. The number of thioether (sulfide) groups is 1. The van der Waals surface area contributed by atoms with Crippen LogP contribution in [0.4, 0.5) is 0 Å². The summed E-state index contributed by atoms with van der Waals surface area (Å²) in [7, 11) is 0. The largest absolute Gasteiger partial charge is 0.480 e. The maximum absolute atomic E-state index is 10.2. The molecule has 1 atom stereocenters. The first-order valence-corrected chi connectivity index (χ1v) is 4.90. The van der Waals surface area contributed by atoms with E-state index in [1.54, 1.807) is 11.8 Å². The Morgan fingerprint density at radius 2 is 2.36 bits per heavy atom. The van der Waals surface area contributed by atoms with Gasteiger partial charge in [0.05, 0.1) is 0 Å². The van der Waals surface area contributed by atoms with Crippen LogP contribution in [0.5, 0.6) is 0 Å². The van der Waals surface area contributed by atoms with Gasteiger partial charge in [-0.25, -0.2) is 0 Å². The van der Waals surface area contributed by atoms with Gasteiger partial charge in [0, 0.05) is 5.75 Å². The van der Waals surface area contributed by atoms with Gasteiger partial charge in [-0.1, -0.05) is 13.3 Å². The molecule has 0 aliphatic heterocycles. The van der Waals surface area contributed by atoms with E-state index in [0.717, 1.165) is 18.6 Å². The zero-order valence-corrected chi connectivity index (χ0v) is 7.56. The molecule has 0 saturated heterocycles. The minimum atomic E-state index is -0.908. The molecule has 0 bridgehead atoms. The van der Waals surface area contributed by atoms with Gasteiger partial charge in [-0.15, -0.1) is 0 Å². The number of carboxylic acids is 1. The number of carbonyl (C=O) groups is 1. The predicted molar refractivity (Wildman–Crippen MR) is 47.8 cm³/mol. The van der Waals surface area contributed by atoms with Crippen molar-refractivity contribution in [1.29, 1.82) is 0 Å². The smallest absolute Gasteiger partial charge is 0.321 e. The number of hydrogen-bond acceptors (Lipinski definition) is 3. The molecule has 0 aromatic carbocycles. The minimum Gasteiger partial charge on any atom is -0.480 e. The quantitative estimate of drug-likeness (QED) is 0.592. The molecule has 0 saturated carbocycles. The van der Waals surface area contributed by atoms with Crippen LogP contribution < -0.4 is 5.73 Å². The normalized spacial score (nSPS) is 12.9. The fourth-order valence-electron chi connectivity index (χ4n) is 0.528. The molecular weight excluding hydrogens is 162 g/mol. The van der Waals surface area contributed by atoms with Gasteiger partial charge in [0.25, 0.3) is 0 Å². The van der Waals surface area contributed by atoms with Crippen LogP contribution in [0.2, 0.25) is 0 Å². The molecule has 0 amide bonds. The molecule has 3 N–H and O–H groups in total. The molecule has 11 heavy (non-hydrogen) atoms. The average molecular weight is 177 g/mol. The van der Waals surface area contributed by atoms with Gasteiger partial charge in [-0.2, -0.15) is 11.8 Å². The summed E-state index contributed by atoms with van der Waals surface area (Å²) in [6, 6.07) is -0.697. The second-order valence-electron chi connectivity index (χ2n) is 2.37. The van der Waals surface area contributed by atoms with E-state index in [1.807, 2.05) is 0 Å². The van der Waals surface area contributed by atoms with Crippen LogP contribution in [0.1, 0.15) is 19.8 Å². The summed E-state index contributed by atoms with van der Waals surface area (Å²) < 4.78 is 0. The zero-order valence-electron chi connectivity index (χ0n) is 6.75. The van der Waals surface area contributed by atoms with E-state index in [2.05, 4.69) is 6.92 Å². The van der Waals surface area contributed by atoms with E-state index in [9.17, 15) is 4.79 Å². The van der Waals surface area contributed by atoms with Crippen molar-refractivity contribution in [1.82, 2.24) is 0 Å². The van der Waals surface area contributed by atoms with Crippen LogP contribution in [0.3, 0.4) is 0 Å². The Labute approximate surface area is 71.3 Å². The lowest BCUT2D eigenvalue weighted by Gasteiger charge is -2.04. The number of nitrogens with two attached hydrogens (primary N) is 1. The monoisotopic (exact) mass is 177 g/mol. The van der Waals surface area contributed by atoms with Crippen LogP contribution in [-0.4, -0.2) is 28.6 Å². The molecular formula is C7H15NO2S. The Morgan fingerprint density at radius 3 is 2.82 bits per heavy atom. The highest BCUT2D eigenvalue weighted by Gasteiger charge is 2.09. The molecule has 3 nitrogen and oxygen atoms in total.